The number of thiazole rings is 1. The zero-order valence-electron chi connectivity index (χ0n) is 14.9. The second-order valence-electron chi connectivity index (χ2n) is 5.51. The van der Waals surface area contributed by atoms with E-state index in [4.69, 9.17) is 4.74 Å². The van der Waals surface area contributed by atoms with E-state index < -0.39 is 0 Å². The van der Waals surface area contributed by atoms with E-state index in [1.807, 2.05) is 40.4 Å². The summed E-state index contributed by atoms with van der Waals surface area (Å²) in [6, 6.07) is 8.08. The molecule has 0 saturated carbocycles. The van der Waals surface area contributed by atoms with Crippen LogP contribution in [0.2, 0.25) is 0 Å². The number of fused-ring (bicyclic) bond motifs is 1. The van der Waals surface area contributed by atoms with Crippen molar-refractivity contribution in [3.05, 3.63) is 53.3 Å². The average Bonchev–Trinajstić information content (AvgIpc) is 3.21. The molecule has 1 aromatic carbocycles. The van der Waals surface area contributed by atoms with Crippen molar-refractivity contribution < 1.29 is 4.74 Å². The number of aliphatic imine (C=N–C) groups is 1. The number of nitrogens with one attached hydrogen (secondary N) is 2. The highest BCUT2D eigenvalue weighted by Crippen LogP contribution is 2.17. The first-order chi connectivity index (χ1) is 12.3. The van der Waals surface area contributed by atoms with E-state index in [2.05, 4.69) is 33.6 Å². The smallest absolute Gasteiger partial charge is 0.193 e. The van der Waals surface area contributed by atoms with E-state index in [1.54, 1.807) is 18.4 Å². The predicted octanol–water partition coefficient (Wildman–Crippen LogP) is 3.32. The zero-order chi connectivity index (χ0) is 17.5. The molecule has 3 rings (SSSR count). The van der Waals surface area contributed by atoms with Gasteiger partial charge >= 0.3 is 0 Å². The molecule has 0 unspecified atom stereocenters. The van der Waals surface area contributed by atoms with Crippen molar-refractivity contribution in [1.29, 1.82) is 0 Å². The maximum absolute atomic E-state index is 5.39. The van der Waals surface area contributed by atoms with Gasteiger partial charge in [0, 0.05) is 30.9 Å². The van der Waals surface area contributed by atoms with E-state index >= 15 is 0 Å². The molecule has 0 atom stereocenters. The molecule has 0 aliphatic carbocycles. The second kappa shape index (κ2) is 10.4. The Morgan fingerprint density at radius 1 is 1.31 bits per heavy atom. The third-order valence-corrected chi connectivity index (χ3v) is 4.54. The number of methoxy groups -OCH3 is 1. The maximum atomic E-state index is 5.39. The SMILES string of the molecule is CCNC(=NCc1cn2ccsc2n1)NCCc1ccccc1OC.I. The van der Waals surface area contributed by atoms with Gasteiger partial charge in [0.2, 0.25) is 0 Å². The summed E-state index contributed by atoms with van der Waals surface area (Å²) in [4.78, 5) is 10.2. The molecule has 8 heteroatoms. The number of benzene rings is 1. The Kier molecular flexibility index (Phi) is 8.17. The highest BCUT2D eigenvalue weighted by atomic mass is 127. The third-order valence-electron chi connectivity index (χ3n) is 3.77. The molecule has 0 aliphatic heterocycles. The van der Waals surface area contributed by atoms with Crippen LogP contribution in [-0.4, -0.2) is 35.5 Å². The fraction of sp³-hybridized carbons (Fsp3) is 0.333. The molecular weight excluding hydrogens is 461 g/mol. The number of guanidine groups is 1. The quantitative estimate of drug-likeness (QED) is 0.306. The van der Waals surface area contributed by atoms with E-state index in [0.29, 0.717) is 6.54 Å². The first-order valence-corrected chi connectivity index (χ1v) is 9.23. The molecular formula is C18H24IN5OS. The van der Waals surface area contributed by atoms with Crippen LogP contribution in [0.15, 0.2) is 47.0 Å². The fourth-order valence-corrected chi connectivity index (χ4v) is 3.30. The summed E-state index contributed by atoms with van der Waals surface area (Å²) in [6.45, 7) is 4.21. The van der Waals surface area contributed by atoms with Gasteiger partial charge in [-0.2, -0.15) is 0 Å². The fourth-order valence-electron chi connectivity index (χ4n) is 2.58. The van der Waals surface area contributed by atoms with Crippen LogP contribution < -0.4 is 15.4 Å². The van der Waals surface area contributed by atoms with Crippen LogP contribution in [0.4, 0.5) is 0 Å². The number of hydrogen-bond donors (Lipinski definition) is 2. The van der Waals surface area contributed by atoms with Gasteiger partial charge in [-0.15, -0.1) is 35.3 Å². The Morgan fingerprint density at radius 3 is 2.92 bits per heavy atom. The van der Waals surface area contributed by atoms with E-state index in [1.165, 1.54) is 5.56 Å². The third kappa shape index (κ3) is 5.34. The number of nitrogens with zero attached hydrogens (tertiary/aromatic N) is 3. The Balaban J connectivity index is 0.00000243. The number of imidazole rings is 1. The minimum atomic E-state index is 0. The van der Waals surface area contributed by atoms with Crippen LogP contribution in [0, 0.1) is 0 Å². The topological polar surface area (TPSA) is 63.0 Å². The molecule has 0 fully saturated rings. The molecule has 6 nitrogen and oxygen atoms in total. The first kappa shape index (κ1) is 20.5. The summed E-state index contributed by atoms with van der Waals surface area (Å²) >= 11 is 1.63. The van der Waals surface area contributed by atoms with Crippen molar-refractivity contribution in [3.63, 3.8) is 0 Å². The van der Waals surface area contributed by atoms with Gasteiger partial charge in [0.1, 0.15) is 5.75 Å². The molecule has 3 aromatic rings. The molecule has 26 heavy (non-hydrogen) atoms. The molecule has 0 saturated heterocycles. The van der Waals surface area contributed by atoms with E-state index in [0.717, 1.165) is 41.9 Å². The molecule has 0 bridgehead atoms. The largest absolute Gasteiger partial charge is 0.496 e. The van der Waals surface area contributed by atoms with Gasteiger partial charge in [-0.3, -0.25) is 4.40 Å². The lowest BCUT2D eigenvalue weighted by molar-refractivity contribution is 0.409. The summed E-state index contributed by atoms with van der Waals surface area (Å²) < 4.78 is 7.42. The van der Waals surface area contributed by atoms with E-state index in [-0.39, 0.29) is 24.0 Å². The van der Waals surface area contributed by atoms with Gasteiger partial charge in [0.25, 0.3) is 0 Å². The number of halogens is 1. The Morgan fingerprint density at radius 2 is 2.15 bits per heavy atom. The van der Waals surface area contributed by atoms with Crippen LogP contribution >= 0.6 is 35.3 Å². The summed E-state index contributed by atoms with van der Waals surface area (Å²) in [5, 5.41) is 8.67. The van der Waals surface area contributed by atoms with Gasteiger partial charge in [-0.05, 0) is 25.0 Å². The number of rotatable bonds is 7. The minimum Gasteiger partial charge on any atom is -0.496 e. The van der Waals surface area contributed by atoms with Gasteiger partial charge in [-0.1, -0.05) is 18.2 Å². The van der Waals surface area contributed by atoms with Crippen molar-refractivity contribution in [1.82, 2.24) is 20.0 Å². The average molecular weight is 485 g/mol. The summed E-state index contributed by atoms with van der Waals surface area (Å²) in [6.07, 6.45) is 4.90. The molecule has 2 N–H and O–H groups in total. The molecule has 140 valence electrons. The molecule has 0 aliphatic rings. The van der Waals surface area contributed by atoms with Crippen molar-refractivity contribution in [2.75, 3.05) is 20.2 Å². The van der Waals surface area contributed by atoms with Crippen LogP contribution in [0.25, 0.3) is 4.96 Å². The lowest BCUT2D eigenvalue weighted by Crippen LogP contribution is -2.38. The number of ether oxygens (including phenoxy) is 1. The van der Waals surface area contributed by atoms with Gasteiger partial charge in [0.15, 0.2) is 10.9 Å². The van der Waals surface area contributed by atoms with Gasteiger partial charge < -0.3 is 15.4 Å². The summed E-state index contributed by atoms with van der Waals surface area (Å²) in [7, 11) is 1.70. The lowest BCUT2D eigenvalue weighted by Gasteiger charge is -2.12. The van der Waals surface area contributed by atoms with Crippen LogP contribution in [0.3, 0.4) is 0 Å². The minimum absolute atomic E-state index is 0. The highest BCUT2D eigenvalue weighted by Gasteiger charge is 2.04. The summed E-state index contributed by atoms with van der Waals surface area (Å²) in [5.74, 6) is 1.72. The number of hydrogen-bond acceptors (Lipinski definition) is 4. The van der Waals surface area contributed by atoms with Crippen molar-refractivity contribution >= 4 is 46.2 Å². The van der Waals surface area contributed by atoms with Crippen LogP contribution in [0.5, 0.6) is 5.75 Å². The van der Waals surface area contributed by atoms with Crippen LogP contribution in [0.1, 0.15) is 18.2 Å². The normalized spacial score (nSPS) is 11.2. The summed E-state index contributed by atoms with van der Waals surface area (Å²) in [5.41, 5.74) is 2.15. The van der Waals surface area contributed by atoms with Gasteiger partial charge in [0.05, 0.1) is 19.3 Å². The second-order valence-corrected chi connectivity index (χ2v) is 6.38. The number of para-hydroxylation sites is 1. The number of aromatic nitrogens is 2. The zero-order valence-corrected chi connectivity index (χ0v) is 18.1. The Hall–Kier alpha value is -1.81. The van der Waals surface area contributed by atoms with Crippen molar-refractivity contribution in [2.24, 2.45) is 4.99 Å². The molecule has 0 radical (unpaired) electrons. The van der Waals surface area contributed by atoms with Crippen LogP contribution in [-0.2, 0) is 13.0 Å². The van der Waals surface area contributed by atoms with Crippen molar-refractivity contribution in [3.8, 4) is 5.75 Å². The first-order valence-electron chi connectivity index (χ1n) is 8.35. The lowest BCUT2D eigenvalue weighted by atomic mass is 10.1. The molecule has 0 spiro atoms. The van der Waals surface area contributed by atoms with Gasteiger partial charge in [-0.25, -0.2) is 9.98 Å². The van der Waals surface area contributed by atoms with Crippen molar-refractivity contribution in [2.45, 2.75) is 19.9 Å². The maximum Gasteiger partial charge on any atom is 0.193 e. The monoisotopic (exact) mass is 485 g/mol. The molecule has 2 aromatic heterocycles. The molecule has 2 heterocycles. The standard InChI is InChI=1S/C18H23N5OS.HI/c1-3-19-17(20-9-8-14-6-4-5-7-16(14)24-2)21-12-15-13-23-10-11-25-18(23)22-15;/h4-7,10-11,13H,3,8-9,12H2,1-2H3,(H2,19,20,21);1H. The van der Waals surface area contributed by atoms with E-state index in [9.17, 15) is 0 Å². The highest BCUT2D eigenvalue weighted by molar-refractivity contribution is 14.0. The molecule has 0 amide bonds. The predicted molar refractivity (Wildman–Crippen MR) is 118 cm³/mol. The Labute approximate surface area is 174 Å². The Bertz CT molecular complexity index is 816.